The molecule has 0 bridgehead atoms. The van der Waals surface area contributed by atoms with Crippen LogP contribution in [0.4, 0.5) is 0 Å². The van der Waals surface area contributed by atoms with Gasteiger partial charge in [0, 0.05) is 23.5 Å². The van der Waals surface area contributed by atoms with Crippen LogP contribution in [0.25, 0.3) is 6.08 Å². The van der Waals surface area contributed by atoms with E-state index in [0.717, 1.165) is 28.3 Å². The largest absolute Gasteiger partial charge is 0.478 e. The molecular formula is C22H23NO3S. The zero-order valence-electron chi connectivity index (χ0n) is 15.5. The van der Waals surface area contributed by atoms with Gasteiger partial charge in [-0.1, -0.05) is 25.3 Å². The van der Waals surface area contributed by atoms with Crippen molar-refractivity contribution in [3.05, 3.63) is 50.9 Å². The third-order valence-corrected chi connectivity index (χ3v) is 6.68. The third-order valence-electron chi connectivity index (χ3n) is 5.86. The number of nitrogens with zero attached hydrogens (tertiary/aromatic N) is 1. The first-order valence-electron chi connectivity index (χ1n) is 9.72. The number of ketones is 1. The lowest BCUT2D eigenvalue weighted by atomic mass is 9.93. The predicted octanol–water partition coefficient (Wildman–Crippen LogP) is 5.16. The monoisotopic (exact) mass is 381 g/mol. The highest BCUT2D eigenvalue weighted by molar-refractivity contribution is 7.10. The summed E-state index contributed by atoms with van der Waals surface area (Å²) in [6.07, 6.45) is 8.24. The average molecular weight is 381 g/mol. The third kappa shape index (κ3) is 2.99. The van der Waals surface area contributed by atoms with E-state index in [9.17, 15) is 4.79 Å². The highest BCUT2D eigenvalue weighted by atomic mass is 32.1. The van der Waals surface area contributed by atoms with E-state index in [-0.39, 0.29) is 5.78 Å². The van der Waals surface area contributed by atoms with Crippen LogP contribution in [-0.4, -0.2) is 23.5 Å². The van der Waals surface area contributed by atoms with Crippen LogP contribution in [0.15, 0.2) is 29.3 Å². The van der Waals surface area contributed by atoms with Gasteiger partial charge >= 0.3 is 0 Å². The summed E-state index contributed by atoms with van der Waals surface area (Å²) in [6, 6.07) is 6.55. The molecule has 0 radical (unpaired) electrons. The lowest BCUT2D eigenvalue weighted by Gasteiger charge is -2.37. The molecule has 0 saturated heterocycles. The topological polar surface area (TPSA) is 38.8 Å². The molecule has 1 aromatic carbocycles. The zero-order chi connectivity index (χ0) is 18.4. The summed E-state index contributed by atoms with van der Waals surface area (Å²) in [6.45, 7) is 3.38. The van der Waals surface area contributed by atoms with Gasteiger partial charge in [-0.3, -0.25) is 9.69 Å². The number of carbonyl (C=O) groups is 1. The number of rotatable bonds is 2. The fourth-order valence-corrected chi connectivity index (χ4v) is 5.08. The highest BCUT2D eigenvalue weighted by Crippen LogP contribution is 2.44. The summed E-state index contributed by atoms with van der Waals surface area (Å²) in [4.78, 5) is 16.4. The Morgan fingerprint density at radius 1 is 1.26 bits per heavy atom. The molecule has 0 unspecified atom stereocenters. The molecule has 2 aromatic rings. The van der Waals surface area contributed by atoms with Gasteiger partial charge < -0.3 is 9.47 Å². The molecule has 1 fully saturated rings. The number of allylic oxidation sites excluding steroid dienone is 1. The van der Waals surface area contributed by atoms with Crippen LogP contribution in [0.3, 0.4) is 0 Å². The molecule has 1 saturated carbocycles. The number of Topliss-reactive ketones (excluding diaryl/α,β-unsaturated/α-hetero) is 1. The van der Waals surface area contributed by atoms with Gasteiger partial charge in [0.1, 0.15) is 18.2 Å². The maximum Gasteiger partial charge on any atom is 0.232 e. The second kappa shape index (κ2) is 6.80. The van der Waals surface area contributed by atoms with Crippen molar-refractivity contribution in [2.24, 2.45) is 0 Å². The minimum atomic E-state index is -0.0199. The first-order valence-corrected chi connectivity index (χ1v) is 10.6. The Kier molecular flexibility index (Phi) is 4.29. The second-order valence-corrected chi connectivity index (χ2v) is 8.62. The van der Waals surface area contributed by atoms with Crippen molar-refractivity contribution in [1.29, 1.82) is 0 Å². The number of ether oxygens (including phenoxy) is 2. The maximum atomic E-state index is 13.0. The van der Waals surface area contributed by atoms with Gasteiger partial charge in [-0.25, -0.2) is 0 Å². The van der Waals surface area contributed by atoms with E-state index in [4.69, 9.17) is 9.47 Å². The summed E-state index contributed by atoms with van der Waals surface area (Å²) < 4.78 is 12.2. The number of aryl methyl sites for hydroxylation is 1. The molecule has 27 heavy (non-hydrogen) atoms. The van der Waals surface area contributed by atoms with Gasteiger partial charge in [0.05, 0.1) is 11.1 Å². The van der Waals surface area contributed by atoms with Gasteiger partial charge in [-0.05, 0) is 42.8 Å². The number of hydrogen-bond acceptors (Lipinski definition) is 5. The number of fused-ring (bicyclic) bond motifs is 3. The van der Waals surface area contributed by atoms with E-state index >= 15 is 0 Å². The van der Waals surface area contributed by atoms with Gasteiger partial charge in [-0.15, -0.1) is 11.3 Å². The first kappa shape index (κ1) is 17.0. The van der Waals surface area contributed by atoms with Crippen LogP contribution < -0.4 is 9.47 Å². The first-order chi connectivity index (χ1) is 13.2. The molecule has 5 heteroatoms. The quantitative estimate of drug-likeness (QED) is 0.674. The molecule has 0 amide bonds. The SMILES string of the molecule is Cc1cc2c(c3c1C(=O)/C(=C/c1cccs1)O3)CN(C1CCCCC1)CO2. The van der Waals surface area contributed by atoms with E-state index in [1.807, 2.05) is 36.6 Å². The second-order valence-electron chi connectivity index (χ2n) is 7.64. The van der Waals surface area contributed by atoms with E-state index in [1.165, 1.54) is 32.1 Å². The van der Waals surface area contributed by atoms with Crippen molar-refractivity contribution in [2.45, 2.75) is 51.6 Å². The molecule has 1 aliphatic carbocycles. The van der Waals surface area contributed by atoms with Crippen molar-refractivity contribution in [3.8, 4) is 11.5 Å². The lowest BCUT2D eigenvalue weighted by Crippen LogP contribution is -2.41. The fourth-order valence-electron chi connectivity index (χ4n) is 4.43. The Morgan fingerprint density at radius 3 is 2.89 bits per heavy atom. The average Bonchev–Trinajstić information content (AvgIpc) is 3.31. The standard InChI is InChI=1S/C22H23NO3S/c1-14-10-18-17(12-23(13-25-18)15-6-3-2-4-7-15)22-20(14)21(24)19(26-22)11-16-8-5-9-27-16/h5,8-11,15H,2-4,6-7,12-13H2,1H3/b19-11-. The molecule has 5 rings (SSSR count). The Balaban J connectivity index is 1.50. The summed E-state index contributed by atoms with van der Waals surface area (Å²) >= 11 is 1.60. The normalized spacial score (nSPS) is 21.7. The lowest BCUT2D eigenvalue weighted by molar-refractivity contribution is 0.0393. The van der Waals surface area contributed by atoms with Crippen LogP contribution in [0.5, 0.6) is 11.5 Å². The van der Waals surface area contributed by atoms with Crippen LogP contribution in [-0.2, 0) is 6.54 Å². The Hall–Kier alpha value is -2.11. The fraction of sp³-hybridized carbons (Fsp3) is 0.409. The predicted molar refractivity (Wildman–Crippen MR) is 106 cm³/mol. The number of benzene rings is 1. The molecule has 0 spiro atoms. The highest BCUT2D eigenvalue weighted by Gasteiger charge is 2.36. The van der Waals surface area contributed by atoms with Crippen LogP contribution >= 0.6 is 11.3 Å². The molecule has 0 N–H and O–H groups in total. The van der Waals surface area contributed by atoms with Crippen molar-refractivity contribution < 1.29 is 14.3 Å². The summed E-state index contributed by atoms with van der Waals surface area (Å²) in [5.74, 6) is 1.97. The van der Waals surface area contributed by atoms with Crippen molar-refractivity contribution in [2.75, 3.05) is 6.73 Å². The summed E-state index contributed by atoms with van der Waals surface area (Å²) in [7, 11) is 0. The molecule has 0 atom stereocenters. The van der Waals surface area contributed by atoms with Crippen LogP contribution in [0.1, 0.15) is 58.5 Å². The van der Waals surface area contributed by atoms with Gasteiger partial charge in [0.2, 0.25) is 5.78 Å². The number of hydrogen-bond donors (Lipinski definition) is 0. The van der Waals surface area contributed by atoms with E-state index in [1.54, 1.807) is 11.3 Å². The van der Waals surface area contributed by atoms with Crippen LogP contribution in [0, 0.1) is 6.92 Å². The molecule has 3 heterocycles. The number of carbonyl (C=O) groups excluding carboxylic acids is 1. The minimum Gasteiger partial charge on any atom is -0.478 e. The number of thiophene rings is 1. The zero-order valence-corrected chi connectivity index (χ0v) is 16.3. The molecule has 140 valence electrons. The molecule has 1 aromatic heterocycles. The van der Waals surface area contributed by atoms with E-state index in [2.05, 4.69) is 4.90 Å². The van der Waals surface area contributed by atoms with E-state index in [0.29, 0.717) is 29.8 Å². The van der Waals surface area contributed by atoms with Crippen molar-refractivity contribution >= 4 is 23.2 Å². The maximum absolute atomic E-state index is 13.0. The Morgan fingerprint density at radius 2 is 2.11 bits per heavy atom. The summed E-state index contributed by atoms with van der Waals surface area (Å²) in [5, 5.41) is 2.00. The van der Waals surface area contributed by atoms with Gasteiger partial charge in [-0.2, -0.15) is 0 Å². The molecule has 4 nitrogen and oxygen atoms in total. The van der Waals surface area contributed by atoms with Gasteiger partial charge in [0.25, 0.3) is 0 Å². The Bertz CT molecular complexity index is 910. The smallest absolute Gasteiger partial charge is 0.232 e. The molecular weight excluding hydrogens is 358 g/mol. The van der Waals surface area contributed by atoms with Crippen LogP contribution in [0.2, 0.25) is 0 Å². The molecule has 3 aliphatic rings. The minimum absolute atomic E-state index is 0.0199. The van der Waals surface area contributed by atoms with Crippen molar-refractivity contribution in [1.82, 2.24) is 4.90 Å². The van der Waals surface area contributed by atoms with E-state index < -0.39 is 0 Å². The Labute approximate surface area is 163 Å². The summed E-state index contributed by atoms with van der Waals surface area (Å²) in [5.41, 5.74) is 2.65. The van der Waals surface area contributed by atoms with Gasteiger partial charge in [0.15, 0.2) is 5.76 Å². The van der Waals surface area contributed by atoms with Crippen molar-refractivity contribution in [3.63, 3.8) is 0 Å². The molecule has 2 aliphatic heterocycles.